The van der Waals surface area contributed by atoms with E-state index in [1.54, 1.807) is 0 Å². The van der Waals surface area contributed by atoms with Crippen LogP contribution in [0.4, 0.5) is 0 Å². The van der Waals surface area contributed by atoms with Gasteiger partial charge in [0.2, 0.25) is 5.91 Å². The van der Waals surface area contributed by atoms with Crippen LogP contribution in [0.25, 0.3) is 0 Å². The molecule has 3 atom stereocenters. The fourth-order valence-corrected chi connectivity index (χ4v) is 3.07. The number of amides is 1. The number of piperidine rings is 1. The van der Waals surface area contributed by atoms with E-state index < -0.39 is 0 Å². The Morgan fingerprint density at radius 3 is 2.95 bits per heavy atom. The monoisotopic (exact) mass is 314 g/mol. The highest BCUT2D eigenvalue weighted by molar-refractivity contribution is 6.30. The molecule has 0 bridgehead atoms. The Morgan fingerprint density at radius 2 is 2.25 bits per heavy atom. The minimum atomic E-state index is 0. The second-order valence-electron chi connectivity index (χ2n) is 5.56. The van der Waals surface area contributed by atoms with Crippen LogP contribution in [0.5, 0.6) is 0 Å². The summed E-state index contributed by atoms with van der Waals surface area (Å²) in [5.74, 6) is 0.703. The number of rotatable bonds is 3. The van der Waals surface area contributed by atoms with Crippen LogP contribution in [0.15, 0.2) is 24.3 Å². The smallest absolute Gasteiger partial charge is 0.224 e. The van der Waals surface area contributed by atoms with E-state index in [1.165, 1.54) is 5.56 Å². The lowest BCUT2D eigenvalue weighted by molar-refractivity contribution is -0.123. The highest BCUT2D eigenvalue weighted by Crippen LogP contribution is 2.48. The van der Waals surface area contributed by atoms with Gasteiger partial charge in [0.25, 0.3) is 0 Å². The SMILES string of the molecule is Cl.O=C(N[C@H]1CCCNC1)C1CC1c1cccc(Cl)c1. The highest BCUT2D eigenvalue weighted by atomic mass is 35.5. The number of hydrogen-bond acceptors (Lipinski definition) is 2. The van der Waals surface area contributed by atoms with Gasteiger partial charge in [-0.1, -0.05) is 23.7 Å². The zero-order chi connectivity index (χ0) is 13.2. The van der Waals surface area contributed by atoms with Gasteiger partial charge in [0.15, 0.2) is 0 Å². The lowest BCUT2D eigenvalue weighted by Crippen LogP contribution is -2.46. The van der Waals surface area contributed by atoms with Crippen LogP contribution in [0.3, 0.4) is 0 Å². The molecule has 2 fully saturated rings. The average molecular weight is 315 g/mol. The third kappa shape index (κ3) is 3.66. The molecule has 3 nitrogen and oxygen atoms in total. The van der Waals surface area contributed by atoms with E-state index in [2.05, 4.69) is 16.7 Å². The van der Waals surface area contributed by atoms with Gasteiger partial charge in [-0.15, -0.1) is 12.4 Å². The molecule has 0 spiro atoms. The normalized spacial score (nSPS) is 28.4. The lowest BCUT2D eigenvalue weighted by Gasteiger charge is -2.23. The first-order chi connectivity index (χ1) is 9.24. The number of hydrogen-bond donors (Lipinski definition) is 2. The summed E-state index contributed by atoms with van der Waals surface area (Å²) in [6.45, 7) is 1.97. The molecule has 3 rings (SSSR count). The van der Waals surface area contributed by atoms with Crippen LogP contribution in [0.1, 0.15) is 30.7 Å². The molecular formula is C15H20Cl2N2O. The Bertz CT molecular complexity index is 475. The van der Waals surface area contributed by atoms with Gasteiger partial charge in [-0.2, -0.15) is 0 Å². The summed E-state index contributed by atoms with van der Waals surface area (Å²) in [6, 6.07) is 8.17. The van der Waals surface area contributed by atoms with Gasteiger partial charge >= 0.3 is 0 Å². The van der Waals surface area contributed by atoms with E-state index in [9.17, 15) is 4.79 Å². The summed E-state index contributed by atoms with van der Waals surface area (Å²) in [5.41, 5.74) is 1.19. The van der Waals surface area contributed by atoms with E-state index in [4.69, 9.17) is 11.6 Å². The Labute approximate surface area is 130 Å². The predicted octanol–water partition coefficient (Wildman–Crippen LogP) is 2.73. The molecule has 5 heteroatoms. The van der Waals surface area contributed by atoms with Crippen LogP contribution in [0, 0.1) is 5.92 Å². The van der Waals surface area contributed by atoms with Gasteiger partial charge in [-0.3, -0.25) is 4.79 Å². The Balaban J connectivity index is 0.00000147. The summed E-state index contributed by atoms with van der Waals surface area (Å²) in [4.78, 5) is 12.2. The molecule has 2 N–H and O–H groups in total. The molecular weight excluding hydrogens is 295 g/mol. The first-order valence-corrected chi connectivity index (χ1v) is 7.38. The van der Waals surface area contributed by atoms with E-state index in [1.807, 2.05) is 18.2 Å². The summed E-state index contributed by atoms with van der Waals surface area (Å²) in [6.07, 6.45) is 3.19. The van der Waals surface area contributed by atoms with Crippen LogP contribution >= 0.6 is 24.0 Å². The maximum absolute atomic E-state index is 12.2. The molecule has 20 heavy (non-hydrogen) atoms. The average Bonchev–Trinajstić information content (AvgIpc) is 3.20. The van der Waals surface area contributed by atoms with Crippen molar-refractivity contribution in [2.45, 2.75) is 31.2 Å². The molecule has 1 amide bonds. The minimum absolute atomic E-state index is 0. The Kier molecular flexibility index (Phi) is 5.30. The van der Waals surface area contributed by atoms with Crippen LogP contribution < -0.4 is 10.6 Å². The maximum atomic E-state index is 12.2. The molecule has 2 aliphatic rings. The van der Waals surface area contributed by atoms with E-state index in [-0.39, 0.29) is 24.2 Å². The zero-order valence-electron chi connectivity index (χ0n) is 11.3. The van der Waals surface area contributed by atoms with Gasteiger partial charge < -0.3 is 10.6 Å². The first kappa shape index (κ1) is 15.6. The van der Waals surface area contributed by atoms with Gasteiger partial charge in [0.05, 0.1) is 0 Å². The minimum Gasteiger partial charge on any atom is -0.352 e. The van der Waals surface area contributed by atoms with Crippen molar-refractivity contribution in [3.8, 4) is 0 Å². The van der Waals surface area contributed by atoms with E-state index in [0.717, 1.165) is 37.4 Å². The quantitative estimate of drug-likeness (QED) is 0.900. The van der Waals surface area contributed by atoms with Crippen LogP contribution in [0.2, 0.25) is 5.02 Å². The Hall–Kier alpha value is -0.770. The second kappa shape index (κ2) is 6.79. The van der Waals surface area contributed by atoms with Crippen molar-refractivity contribution >= 4 is 29.9 Å². The van der Waals surface area contributed by atoms with Gasteiger partial charge in [-0.05, 0) is 49.4 Å². The third-order valence-corrected chi connectivity index (χ3v) is 4.28. The molecule has 0 aromatic heterocycles. The molecule has 1 aromatic carbocycles. The molecule has 1 saturated heterocycles. The molecule has 1 heterocycles. The molecule has 110 valence electrons. The van der Waals surface area contributed by atoms with E-state index >= 15 is 0 Å². The summed E-state index contributed by atoms with van der Waals surface area (Å²) in [5, 5.41) is 7.23. The molecule has 2 unspecified atom stereocenters. The van der Waals surface area contributed by atoms with Crippen molar-refractivity contribution in [1.82, 2.24) is 10.6 Å². The highest BCUT2D eigenvalue weighted by Gasteiger charge is 2.44. The number of carbonyl (C=O) groups is 1. The molecule has 0 radical (unpaired) electrons. The number of nitrogens with one attached hydrogen (secondary N) is 2. The van der Waals surface area contributed by atoms with E-state index in [0.29, 0.717) is 12.0 Å². The first-order valence-electron chi connectivity index (χ1n) is 7.00. The van der Waals surface area contributed by atoms with Crippen molar-refractivity contribution in [3.63, 3.8) is 0 Å². The van der Waals surface area contributed by atoms with Crippen LogP contribution in [-0.2, 0) is 4.79 Å². The summed E-state index contributed by atoms with van der Waals surface area (Å²) < 4.78 is 0. The second-order valence-corrected chi connectivity index (χ2v) is 5.99. The lowest BCUT2D eigenvalue weighted by atomic mass is 10.1. The largest absolute Gasteiger partial charge is 0.352 e. The third-order valence-electron chi connectivity index (χ3n) is 4.05. The van der Waals surface area contributed by atoms with Crippen LogP contribution in [-0.4, -0.2) is 25.0 Å². The zero-order valence-corrected chi connectivity index (χ0v) is 12.8. The van der Waals surface area contributed by atoms with Gasteiger partial charge in [-0.25, -0.2) is 0 Å². The molecule has 1 saturated carbocycles. The van der Waals surface area contributed by atoms with Crippen molar-refractivity contribution < 1.29 is 4.79 Å². The van der Waals surface area contributed by atoms with Gasteiger partial charge in [0, 0.05) is 23.5 Å². The summed E-state index contributed by atoms with van der Waals surface area (Å²) in [7, 11) is 0. The van der Waals surface area contributed by atoms with Crippen molar-refractivity contribution in [2.75, 3.05) is 13.1 Å². The Morgan fingerprint density at radius 1 is 1.40 bits per heavy atom. The standard InChI is InChI=1S/C15H19ClN2O.ClH/c16-11-4-1-3-10(7-11)13-8-14(13)15(19)18-12-5-2-6-17-9-12;/h1,3-4,7,12-14,17H,2,5-6,8-9H2,(H,18,19);1H/t12-,13?,14?;/m0./s1. The predicted molar refractivity (Wildman–Crippen MR) is 83.6 cm³/mol. The molecule has 1 aliphatic heterocycles. The topological polar surface area (TPSA) is 41.1 Å². The van der Waals surface area contributed by atoms with Crippen molar-refractivity contribution in [2.24, 2.45) is 5.92 Å². The number of benzene rings is 1. The fraction of sp³-hybridized carbons (Fsp3) is 0.533. The van der Waals surface area contributed by atoms with Crippen molar-refractivity contribution in [1.29, 1.82) is 0 Å². The number of halogens is 2. The fourth-order valence-electron chi connectivity index (χ4n) is 2.87. The summed E-state index contributed by atoms with van der Waals surface area (Å²) >= 11 is 5.99. The molecule has 1 aromatic rings. The van der Waals surface area contributed by atoms with Crippen molar-refractivity contribution in [3.05, 3.63) is 34.9 Å². The number of carbonyl (C=O) groups excluding carboxylic acids is 1. The maximum Gasteiger partial charge on any atom is 0.224 e. The molecule has 1 aliphatic carbocycles. The van der Waals surface area contributed by atoms with Gasteiger partial charge in [0.1, 0.15) is 0 Å².